The predicted molar refractivity (Wildman–Crippen MR) is 70.7 cm³/mol. The fraction of sp³-hybridized carbons (Fsp3) is 0.400. The molecule has 1 N–H and O–H groups in total. The van der Waals surface area contributed by atoms with E-state index in [4.69, 9.17) is 4.74 Å². The van der Waals surface area contributed by atoms with Gasteiger partial charge < -0.3 is 9.72 Å². The molecule has 1 aromatic carbocycles. The maximum absolute atomic E-state index is 5.85. The minimum Gasteiger partial charge on any atom is -0.493 e. The van der Waals surface area contributed by atoms with Crippen LogP contribution in [0.25, 0.3) is 0 Å². The van der Waals surface area contributed by atoms with E-state index in [1.807, 2.05) is 12.3 Å². The van der Waals surface area contributed by atoms with Crippen molar-refractivity contribution in [2.45, 2.75) is 25.7 Å². The standard InChI is InChI=1S/C15H18N2O/c1-2-4-15-13(3-1)6-5-12(7-8-18-15)9-14-10-16-11-17-14/h1-4,10-12H,5-9H2,(H,16,17). The van der Waals surface area contributed by atoms with Crippen LogP contribution in [0.1, 0.15) is 24.1 Å². The van der Waals surface area contributed by atoms with Crippen LogP contribution in [0.15, 0.2) is 36.8 Å². The molecule has 0 amide bonds. The van der Waals surface area contributed by atoms with E-state index >= 15 is 0 Å². The number of hydrogen-bond donors (Lipinski definition) is 1. The maximum atomic E-state index is 5.85. The number of para-hydroxylation sites is 1. The van der Waals surface area contributed by atoms with Gasteiger partial charge in [0.1, 0.15) is 5.75 Å². The molecule has 0 aliphatic carbocycles. The lowest BCUT2D eigenvalue weighted by Gasteiger charge is -2.21. The summed E-state index contributed by atoms with van der Waals surface area (Å²) in [4.78, 5) is 7.27. The largest absolute Gasteiger partial charge is 0.493 e. The maximum Gasteiger partial charge on any atom is 0.122 e. The normalized spacial score (nSPS) is 19.4. The number of nitrogens with one attached hydrogen (secondary N) is 1. The quantitative estimate of drug-likeness (QED) is 0.879. The number of nitrogens with zero attached hydrogens (tertiary/aromatic N) is 1. The Morgan fingerprint density at radius 1 is 1.28 bits per heavy atom. The third-order valence-electron chi connectivity index (χ3n) is 3.64. The van der Waals surface area contributed by atoms with E-state index < -0.39 is 0 Å². The summed E-state index contributed by atoms with van der Waals surface area (Å²) in [6, 6.07) is 8.38. The Balaban J connectivity index is 1.68. The molecule has 0 fully saturated rings. The van der Waals surface area contributed by atoms with Crippen LogP contribution in [0.3, 0.4) is 0 Å². The highest BCUT2D eigenvalue weighted by molar-refractivity contribution is 5.33. The van der Waals surface area contributed by atoms with Crippen LogP contribution in [0.5, 0.6) is 5.75 Å². The summed E-state index contributed by atoms with van der Waals surface area (Å²) in [5.74, 6) is 1.75. The molecule has 3 rings (SSSR count). The van der Waals surface area contributed by atoms with Crippen molar-refractivity contribution >= 4 is 0 Å². The summed E-state index contributed by atoms with van der Waals surface area (Å²) in [6.45, 7) is 0.815. The summed E-state index contributed by atoms with van der Waals surface area (Å²) in [5.41, 5.74) is 2.57. The number of benzene rings is 1. The van der Waals surface area contributed by atoms with Crippen LogP contribution < -0.4 is 4.74 Å². The van der Waals surface area contributed by atoms with Crippen LogP contribution in [-0.4, -0.2) is 16.6 Å². The van der Waals surface area contributed by atoms with Gasteiger partial charge in [0.2, 0.25) is 0 Å². The van der Waals surface area contributed by atoms with Gasteiger partial charge >= 0.3 is 0 Å². The molecule has 2 heterocycles. The molecule has 0 saturated carbocycles. The SMILES string of the molecule is c1ccc2c(c1)CCC(Cc1cnc[nH]1)CCO2. The molecule has 1 aliphatic heterocycles. The van der Waals surface area contributed by atoms with E-state index in [0.29, 0.717) is 5.92 Å². The van der Waals surface area contributed by atoms with Gasteiger partial charge in [-0.05, 0) is 43.2 Å². The first-order valence-electron chi connectivity index (χ1n) is 6.60. The van der Waals surface area contributed by atoms with Gasteiger partial charge in [0.05, 0.1) is 12.9 Å². The summed E-state index contributed by atoms with van der Waals surface area (Å²) in [6.07, 6.45) is 8.20. The van der Waals surface area contributed by atoms with E-state index in [9.17, 15) is 0 Å². The number of H-pyrrole nitrogens is 1. The Labute approximate surface area is 107 Å². The summed E-state index contributed by atoms with van der Waals surface area (Å²) >= 11 is 0. The molecule has 3 nitrogen and oxygen atoms in total. The molecule has 1 atom stereocenters. The zero-order chi connectivity index (χ0) is 12.2. The van der Waals surface area contributed by atoms with E-state index in [-0.39, 0.29) is 0 Å². The lowest BCUT2D eigenvalue weighted by atomic mass is 9.91. The second kappa shape index (κ2) is 5.25. The van der Waals surface area contributed by atoms with Gasteiger partial charge in [-0.3, -0.25) is 0 Å². The van der Waals surface area contributed by atoms with Gasteiger partial charge in [0, 0.05) is 11.9 Å². The van der Waals surface area contributed by atoms with Crippen molar-refractivity contribution in [3.63, 3.8) is 0 Å². The Kier molecular flexibility index (Phi) is 3.31. The molecule has 1 aromatic heterocycles. The first-order valence-corrected chi connectivity index (χ1v) is 6.60. The van der Waals surface area contributed by atoms with Crippen molar-refractivity contribution in [1.82, 2.24) is 9.97 Å². The van der Waals surface area contributed by atoms with E-state index in [0.717, 1.165) is 31.6 Å². The topological polar surface area (TPSA) is 37.9 Å². The van der Waals surface area contributed by atoms with E-state index in [1.54, 1.807) is 6.33 Å². The van der Waals surface area contributed by atoms with Crippen molar-refractivity contribution in [3.05, 3.63) is 48.0 Å². The van der Waals surface area contributed by atoms with Crippen molar-refractivity contribution in [2.75, 3.05) is 6.61 Å². The smallest absolute Gasteiger partial charge is 0.122 e. The van der Waals surface area contributed by atoms with Gasteiger partial charge in [-0.15, -0.1) is 0 Å². The predicted octanol–water partition coefficient (Wildman–Crippen LogP) is 2.98. The highest BCUT2D eigenvalue weighted by Crippen LogP contribution is 2.26. The first-order chi connectivity index (χ1) is 8.92. The third kappa shape index (κ3) is 2.55. The number of hydrogen-bond acceptors (Lipinski definition) is 2. The van der Waals surface area contributed by atoms with Crippen LogP contribution in [-0.2, 0) is 12.8 Å². The molecular weight excluding hydrogens is 224 g/mol. The monoisotopic (exact) mass is 242 g/mol. The average Bonchev–Trinajstić information content (AvgIpc) is 2.86. The van der Waals surface area contributed by atoms with Gasteiger partial charge in [0.15, 0.2) is 0 Å². The van der Waals surface area contributed by atoms with Gasteiger partial charge in [-0.25, -0.2) is 4.98 Å². The lowest BCUT2D eigenvalue weighted by molar-refractivity contribution is 0.257. The molecule has 3 heteroatoms. The molecule has 18 heavy (non-hydrogen) atoms. The first kappa shape index (κ1) is 11.3. The van der Waals surface area contributed by atoms with Gasteiger partial charge in [-0.2, -0.15) is 0 Å². The number of fused-ring (bicyclic) bond motifs is 1. The molecule has 1 aliphatic rings. The number of aryl methyl sites for hydroxylation is 1. The van der Waals surface area contributed by atoms with E-state index in [2.05, 4.69) is 28.2 Å². The van der Waals surface area contributed by atoms with Crippen molar-refractivity contribution in [1.29, 1.82) is 0 Å². The van der Waals surface area contributed by atoms with Crippen LogP contribution in [0.2, 0.25) is 0 Å². The lowest BCUT2D eigenvalue weighted by Crippen LogP contribution is -2.15. The molecule has 2 aromatic rings. The second-order valence-electron chi connectivity index (χ2n) is 4.93. The number of ether oxygens (including phenoxy) is 1. The van der Waals surface area contributed by atoms with E-state index in [1.165, 1.54) is 17.7 Å². The Hall–Kier alpha value is -1.77. The molecule has 1 unspecified atom stereocenters. The van der Waals surface area contributed by atoms with Gasteiger partial charge in [-0.1, -0.05) is 18.2 Å². The number of aromatic nitrogens is 2. The Bertz CT molecular complexity index is 493. The number of aromatic amines is 1. The zero-order valence-electron chi connectivity index (χ0n) is 10.4. The molecule has 94 valence electrons. The van der Waals surface area contributed by atoms with Crippen molar-refractivity contribution in [3.8, 4) is 5.75 Å². The molecule has 0 saturated heterocycles. The van der Waals surface area contributed by atoms with Gasteiger partial charge in [0.25, 0.3) is 0 Å². The summed E-state index contributed by atoms with van der Waals surface area (Å²) in [7, 11) is 0. The fourth-order valence-corrected chi connectivity index (χ4v) is 2.60. The third-order valence-corrected chi connectivity index (χ3v) is 3.64. The Morgan fingerprint density at radius 3 is 3.11 bits per heavy atom. The average molecular weight is 242 g/mol. The number of rotatable bonds is 2. The van der Waals surface area contributed by atoms with Crippen molar-refractivity contribution < 1.29 is 4.74 Å². The molecule has 0 spiro atoms. The minimum absolute atomic E-state index is 0.679. The highest BCUT2D eigenvalue weighted by atomic mass is 16.5. The number of imidazole rings is 1. The Morgan fingerprint density at radius 2 is 2.22 bits per heavy atom. The minimum atomic E-state index is 0.679. The van der Waals surface area contributed by atoms with Crippen LogP contribution in [0.4, 0.5) is 0 Å². The summed E-state index contributed by atoms with van der Waals surface area (Å²) < 4.78 is 5.85. The van der Waals surface area contributed by atoms with Crippen molar-refractivity contribution in [2.24, 2.45) is 5.92 Å². The second-order valence-corrected chi connectivity index (χ2v) is 4.93. The summed E-state index contributed by atoms with van der Waals surface area (Å²) in [5, 5.41) is 0. The van der Waals surface area contributed by atoms with Crippen LogP contribution in [0, 0.1) is 5.92 Å². The van der Waals surface area contributed by atoms with Crippen LogP contribution >= 0.6 is 0 Å². The fourth-order valence-electron chi connectivity index (χ4n) is 2.60. The highest BCUT2D eigenvalue weighted by Gasteiger charge is 2.15. The molecule has 0 radical (unpaired) electrons. The zero-order valence-corrected chi connectivity index (χ0v) is 10.4. The molecular formula is C15H18N2O. The molecule has 0 bridgehead atoms.